The predicted octanol–water partition coefficient (Wildman–Crippen LogP) is 4.12. The molecular formula is C23H23NO4. The number of carboxylic acid groups (broad SMARTS) is 1. The average molecular weight is 377 g/mol. The van der Waals surface area contributed by atoms with Gasteiger partial charge in [-0.1, -0.05) is 48.5 Å². The number of aliphatic carboxylic acids is 1. The minimum atomic E-state index is -0.787. The molecule has 2 bridgehead atoms. The molecule has 5 nitrogen and oxygen atoms in total. The third kappa shape index (κ3) is 2.77. The SMILES string of the molecule is O=C(O)CC1CC2CC1N(C(=O)OCC1c3ccccc3-c3ccccc31)C2. The van der Waals surface area contributed by atoms with Crippen LogP contribution in [0, 0.1) is 11.8 Å². The molecule has 1 N–H and O–H groups in total. The van der Waals surface area contributed by atoms with Gasteiger partial charge in [0.2, 0.25) is 0 Å². The molecule has 3 atom stereocenters. The van der Waals surface area contributed by atoms with Crippen LogP contribution in [0.1, 0.15) is 36.3 Å². The molecule has 5 heteroatoms. The smallest absolute Gasteiger partial charge is 0.410 e. The molecule has 2 aliphatic carbocycles. The van der Waals surface area contributed by atoms with Gasteiger partial charge in [0.15, 0.2) is 0 Å². The van der Waals surface area contributed by atoms with Crippen molar-refractivity contribution in [1.29, 1.82) is 0 Å². The molecule has 3 aliphatic rings. The van der Waals surface area contributed by atoms with Crippen molar-refractivity contribution in [2.75, 3.05) is 13.2 Å². The van der Waals surface area contributed by atoms with Crippen molar-refractivity contribution in [2.24, 2.45) is 11.8 Å². The summed E-state index contributed by atoms with van der Waals surface area (Å²) in [6.45, 7) is 1.00. The lowest BCUT2D eigenvalue weighted by molar-refractivity contribution is -0.138. The first-order valence-electron chi connectivity index (χ1n) is 9.95. The van der Waals surface area contributed by atoms with E-state index >= 15 is 0 Å². The molecular weight excluding hydrogens is 354 g/mol. The van der Waals surface area contributed by atoms with Crippen LogP contribution in [0.4, 0.5) is 4.79 Å². The van der Waals surface area contributed by atoms with Gasteiger partial charge in [-0.25, -0.2) is 4.79 Å². The highest BCUT2D eigenvalue weighted by molar-refractivity contribution is 5.79. The van der Waals surface area contributed by atoms with Gasteiger partial charge in [-0.2, -0.15) is 0 Å². The zero-order valence-electron chi connectivity index (χ0n) is 15.6. The van der Waals surface area contributed by atoms with E-state index in [2.05, 4.69) is 24.3 Å². The molecule has 2 aromatic rings. The standard InChI is InChI=1S/C23H23NO4/c25-22(26)11-15-9-14-10-21(15)24(12-14)23(27)28-13-20-18-7-3-1-5-16(18)17-6-2-4-8-19(17)20/h1-8,14-15,20-21H,9-13H2,(H,25,26). The molecule has 0 radical (unpaired) electrons. The minimum Gasteiger partial charge on any atom is -0.481 e. The number of carbonyl (C=O) groups is 2. The van der Waals surface area contributed by atoms with Crippen LogP contribution in [0.5, 0.6) is 0 Å². The number of rotatable bonds is 4. The summed E-state index contributed by atoms with van der Waals surface area (Å²) in [6, 6.07) is 16.6. The summed E-state index contributed by atoms with van der Waals surface area (Å²) in [6.07, 6.45) is 1.64. The molecule has 1 aliphatic heterocycles. The largest absolute Gasteiger partial charge is 0.481 e. The Labute approximate surface area is 163 Å². The third-order valence-electron chi connectivity index (χ3n) is 6.62. The number of hydrogen-bond donors (Lipinski definition) is 1. The predicted molar refractivity (Wildman–Crippen MR) is 104 cm³/mol. The van der Waals surface area contributed by atoms with Gasteiger partial charge in [0.05, 0.1) is 6.42 Å². The number of piperidine rings is 1. The molecule has 144 valence electrons. The van der Waals surface area contributed by atoms with Gasteiger partial charge in [-0.15, -0.1) is 0 Å². The minimum absolute atomic E-state index is 0.0109. The molecule has 5 rings (SSSR count). The van der Waals surface area contributed by atoms with Gasteiger partial charge in [0.1, 0.15) is 6.61 Å². The Morgan fingerprint density at radius 2 is 1.64 bits per heavy atom. The van der Waals surface area contributed by atoms with E-state index in [4.69, 9.17) is 9.84 Å². The molecule has 0 spiro atoms. The molecule has 0 aromatic heterocycles. The van der Waals surface area contributed by atoms with Crippen LogP contribution >= 0.6 is 0 Å². The molecule has 1 heterocycles. The first-order chi connectivity index (χ1) is 13.6. The van der Waals surface area contributed by atoms with Crippen LogP contribution in [0.25, 0.3) is 11.1 Å². The second-order valence-electron chi connectivity index (χ2n) is 8.22. The Balaban J connectivity index is 1.31. The fourth-order valence-electron chi connectivity index (χ4n) is 5.49. The number of nitrogens with zero attached hydrogens (tertiary/aromatic N) is 1. The van der Waals surface area contributed by atoms with E-state index in [0.717, 1.165) is 12.8 Å². The van der Waals surface area contributed by atoms with Crippen LogP contribution in [0.15, 0.2) is 48.5 Å². The van der Waals surface area contributed by atoms with Crippen LogP contribution in [-0.4, -0.2) is 41.3 Å². The number of ether oxygens (including phenoxy) is 1. The summed E-state index contributed by atoms with van der Waals surface area (Å²) < 4.78 is 5.77. The average Bonchev–Trinajstić information content (AvgIpc) is 3.37. The normalized spacial score (nSPS) is 24.9. The van der Waals surface area contributed by atoms with Crippen molar-refractivity contribution in [3.63, 3.8) is 0 Å². The maximum Gasteiger partial charge on any atom is 0.410 e. The highest BCUT2D eigenvalue weighted by Gasteiger charge is 2.48. The number of benzene rings is 2. The Kier molecular flexibility index (Phi) is 4.11. The molecule has 3 unspecified atom stereocenters. The zero-order valence-corrected chi connectivity index (χ0v) is 15.6. The number of carboxylic acids is 1. The second kappa shape index (κ2) is 6.66. The number of fused-ring (bicyclic) bond motifs is 5. The number of amides is 1. The summed E-state index contributed by atoms with van der Waals surface area (Å²) >= 11 is 0. The second-order valence-corrected chi connectivity index (χ2v) is 8.22. The fourth-order valence-corrected chi connectivity index (χ4v) is 5.49. The van der Waals surface area contributed by atoms with Crippen molar-refractivity contribution in [3.05, 3.63) is 59.7 Å². The highest BCUT2D eigenvalue weighted by Crippen LogP contribution is 2.46. The van der Waals surface area contributed by atoms with Crippen LogP contribution in [-0.2, 0) is 9.53 Å². The van der Waals surface area contributed by atoms with E-state index in [1.165, 1.54) is 22.3 Å². The quantitative estimate of drug-likeness (QED) is 0.870. The zero-order chi connectivity index (χ0) is 19.3. The fraction of sp³-hybridized carbons (Fsp3) is 0.391. The molecule has 1 saturated heterocycles. The summed E-state index contributed by atoms with van der Waals surface area (Å²) in [5.74, 6) is -0.275. The maximum absolute atomic E-state index is 12.8. The summed E-state index contributed by atoms with van der Waals surface area (Å²) in [7, 11) is 0. The van der Waals surface area contributed by atoms with Gasteiger partial charge in [-0.05, 0) is 46.9 Å². The first-order valence-corrected chi connectivity index (χ1v) is 9.95. The number of hydrogen-bond acceptors (Lipinski definition) is 3. The highest BCUT2D eigenvalue weighted by atomic mass is 16.6. The Hall–Kier alpha value is -2.82. The van der Waals surface area contributed by atoms with Crippen LogP contribution in [0.3, 0.4) is 0 Å². The Morgan fingerprint density at radius 3 is 2.25 bits per heavy atom. The van der Waals surface area contributed by atoms with E-state index in [1.54, 1.807) is 4.90 Å². The van der Waals surface area contributed by atoms with Crippen LogP contribution < -0.4 is 0 Å². The van der Waals surface area contributed by atoms with E-state index in [1.807, 2.05) is 24.3 Å². The van der Waals surface area contributed by atoms with Crippen molar-refractivity contribution >= 4 is 12.1 Å². The van der Waals surface area contributed by atoms with Crippen molar-refractivity contribution in [3.8, 4) is 11.1 Å². The number of carbonyl (C=O) groups excluding carboxylic acids is 1. The Morgan fingerprint density at radius 1 is 1.00 bits per heavy atom. The summed E-state index contributed by atoms with van der Waals surface area (Å²) in [4.78, 5) is 25.7. The van der Waals surface area contributed by atoms with E-state index in [0.29, 0.717) is 19.1 Å². The monoisotopic (exact) mass is 377 g/mol. The van der Waals surface area contributed by atoms with Gasteiger partial charge in [-0.3, -0.25) is 4.79 Å². The lowest BCUT2D eigenvalue weighted by Crippen LogP contribution is -2.43. The van der Waals surface area contributed by atoms with Gasteiger partial charge in [0, 0.05) is 18.5 Å². The summed E-state index contributed by atoms with van der Waals surface area (Å²) in [5.41, 5.74) is 4.81. The van der Waals surface area contributed by atoms with E-state index in [-0.39, 0.29) is 30.4 Å². The molecule has 2 fully saturated rings. The number of likely N-dealkylation sites (tertiary alicyclic amines) is 1. The van der Waals surface area contributed by atoms with Gasteiger partial charge < -0.3 is 14.7 Å². The van der Waals surface area contributed by atoms with E-state index in [9.17, 15) is 9.59 Å². The van der Waals surface area contributed by atoms with Crippen LogP contribution in [0.2, 0.25) is 0 Å². The molecule has 28 heavy (non-hydrogen) atoms. The molecule has 2 aromatic carbocycles. The molecule has 1 amide bonds. The third-order valence-corrected chi connectivity index (χ3v) is 6.62. The summed E-state index contributed by atoms with van der Waals surface area (Å²) in [5, 5.41) is 9.13. The van der Waals surface area contributed by atoms with Crippen molar-refractivity contribution < 1.29 is 19.4 Å². The lowest BCUT2D eigenvalue weighted by Gasteiger charge is -2.32. The topological polar surface area (TPSA) is 66.8 Å². The van der Waals surface area contributed by atoms with Crippen molar-refractivity contribution in [1.82, 2.24) is 4.90 Å². The van der Waals surface area contributed by atoms with Gasteiger partial charge in [0.25, 0.3) is 0 Å². The Bertz CT molecular complexity index is 894. The lowest BCUT2D eigenvalue weighted by atomic mass is 9.95. The first kappa shape index (κ1) is 17.3. The van der Waals surface area contributed by atoms with Crippen molar-refractivity contribution in [2.45, 2.75) is 31.2 Å². The van der Waals surface area contributed by atoms with E-state index < -0.39 is 5.97 Å². The molecule has 1 saturated carbocycles. The van der Waals surface area contributed by atoms with Gasteiger partial charge >= 0.3 is 12.1 Å². The maximum atomic E-state index is 12.8.